The van der Waals surface area contributed by atoms with E-state index in [2.05, 4.69) is 4.98 Å². The highest BCUT2D eigenvalue weighted by Crippen LogP contribution is 2.31. The van der Waals surface area contributed by atoms with Gasteiger partial charge in [0, 0.05) is 5.02 Å². The summed E-state index contributed by atoms with van der Waals surface area (Å²) in [4.78, 5) is 15.5. The molecule has 0 fully saturated rings. The summed E-state index contributed by atoms with van der Waals surface area (Å²) in [5.74, 6) is 0.404. The zero-order chi connectivity index (χ0) is 15.9. The summed E-state index contributed by atoms with van der Waals surface area (Å²) in [6.07, 6.45) is 0. The number of aromatic nitrogens is 2. The van der Waals surface area contributed by atoms with Gasteiger partial charge in [-0.05, 0) is 43.3 Å². The molecule has 1 aromatic heterocycles. The molecule has 5 nitrogen and oxygen atoms in total. The van der Waals surface area contributed by atoms with Crippen molar-refractivity contribution in [3.63, 3.8) is 0 Å². The molecule has 3 rings (SSSR count). The number of benzene rings is 2. The standard InChI is InChI=1S/C16H13ClN2O3/c1-9-18-12-7-10(16(20)21)3-5-13(12)19(9)14-8-11(17)4-6-15(14)22-2/h3-8H,1-2H3,(H,20,21). The first-order chi connectivity index (χ1) is 10.5. The van der Waals surface area contributed by atoms with Crippen molar-refractivity contribution in [3.05, 3.63) is 52.8 Å². The molecule has 0 saturated carbocycles. The van der Waals surface area contributed by atoms with Crippen molar-refractivity contribution in [1.29, 1.82) is 0 Å². The zero-order valence-electron chi connectivity index (χ0n) is 12.0. The smallest absolute Gasteiger partial charge is 0.335 e. The molecule has 3 aromatic rings. The number of hydrogen-bond donors (Lipinski definition) is 1. The van der Waals surface area contributed by atoms with Gasteiger partial charge in [0.25, 0.3) is 0 Å². The van der Waals surface area contributed by atoms with Crippen molar-refractivity contribution in [2.24, 2.45) is 0 Å². The van der Waals surface area contributed by atoms with Crippen LogP contribution in [0.4, 0.5) is 0 Å². The Kier molecular flexibility index (Phi) is 3.50. The SMILES string of the molecule is COc1ccc(Cl)cc1-n1c(C)nc2cc(C(=O)O)ccc21. The number of hydrogen-bond acceptors (Lipinski definition) is 3. The number of carboxylic acids is 1. The number of aryl methyl sites for hydroxylation is 1. The Labute approximate surface area is 131 Å². The molecule has 1 N–H and O–H groups in total. The highest BCUT2D eigenvalue weighted by Gasteiger charge is 2.15. The molecule has 0 aliphatic heterocycles. The van der Waals surface area contributed by atoms with Crippen molar-refractivity contribution >= 4 is 28.6 Å². The van der Waals surface area contributed by atoms with Gasteiger partial charge in [-0.15, -0.1) is 0 Å². The molecule has 0 aliphatic rings. The third-order valence-corrected chi connectivity index (χ3v) is 3.69. The van der Waals surface area contributed by atoms with Gasteiger partial charge in [0.2, 0.25) is 0 Å². The second-order valence-electron chi connectivity index (χ2n) is 4.82. The Morgan fingerprint density at radius 1 is 1.27 bits per heavy atom. The lowest BCUT2D eigenvalue weighted by Gasteiger charge is -2.12. The Bertz CT molecular complexity index is 886. The van der Waals surface area contributed by atoms with E-state index in [1.165, 1.54) is 0 Å². The average molecular weight is 317 g/mol. The molecule has 6 heteroatoms. The highest BCUT2D eigenvalue weighted by atomic mass is 35.5. The topological polar surface area (TPSA) is 64.4 Å². The van der Waals surface area contributed by atoms with Gasteiger partial charge in [-0.25, -0.2) is 9.78 Å². The second kappa shape index (κ2) is 5.35. The number of methoxy groups -OCH3 is 1. The Balaban J connectivity index is 2.30. The molecule has 0 amide bonds. The predicted octanol–water partition coefficient (Wildman–Crippen LogP) is 3.69. The van der Waals surface area contributed by atoms with Crippen molar-refractivity contribution in [2.75, 3.05) is 7.11 Å². The van der Waals surface area contributed by atoms with E-state index in [4.69, 9.17) is 21.4 Å². The van der Waals surface area contributed by atoms with Crippen LogP contribution in [0.15, 0.2) is 36.4 Å². The fourth-order valence-electron chi connectivity index (χ4n) is 2.48. The number of aromatic carboxylic acids is 1. The van der Waals surface area contributed by atoms with Gasteiger partial charge < -0.3 is 9.84 Å². The lowest BCUT2D eigenvalue weighted by molar-refractivity contribution is 0.0697. The first-order valence-electron chi connectivity index (χ1n) is 6.57. The molecular formula is C16H13ClN2O3. The van der Waals surface area contributed by atoms with E-state index in [-0.39, 0.29) is 5.56 Å². The van der Waals surface area contributed by atoms with Crippen LogP contribution in [0.5, 0.6) is 5.75 Å². The first-order valence-corrected chi connectivity index (χ1v) is 6.95. The highest BCUT2D eigenvalue weighted by molar-refractivity contribution is 6.30. The van der Waals surface area contributed by atoms with Gasteiger partial charge in [-0.1, -0.05) is 11.6 Å². The summed E-state index contributed by atoms with van der Waals surface area (Å²) in [6.45, 7) is 1.85. The van der Waals surface area contributed by atoms with Crippen LogP contribution in [0.3, 0.4) is 0 Å². The molecule has 22 heavy (non-hydrogen) atoms. The molecule has 0 spiro atoms. The fraction of sp³-hybridized carbons (Fsp3) is 0.125. The molecule has 0 atom stereocenters. The third kappa shape index (κ3) is 2.29. The molecule has 0 aliphatic carbocycles. The largest absolute Gasteiger partial charge is 0.495 e. The molecule has 0 saturated heterocycles. The van der Waals surface area contributed by atoms with Crippen molar-refractivity contribution in [1.82, 2.24) is 9.55 Å². The van der Waals surface area contributed by atoms with Crippen molar-refractivity contribution in [3.8, 4) is 11.4 Å². The van der Waals surface area contributed by atoms with Crippen molar-refractivity contribution < 1.29 is 14.6 Å². The van der Waals surface area contributed by atoms with Crippen LogP contribution in [-0.2, 0) is 0 Å². The molecule has 0 radical (unpaired) electrons. The molecule has 1 heterocycles. The summed E-state index contributed by atoms with van der Waals surface area (Å²) in [5.41, 5.74) is 2.37. The molecular weight excluding hydrogens is 304 g/mol. The van der Waals surface area contributed by atoms with Crippen LogP contribution in [-0.4, -0.2) is 27.7 Å². The van der Waals surface area contributed by atoms with Crippen LogP contribution in [0.1, 0.15) is 16.2 Å². The quantitative estimate of drug-likeness (QED) is 0.800. The van der Waals surface area contributed by atoms with Gasteiger partial charge in [0.15, 0.2) is 0 Å². The lowest BCUT2D eigenvalue weighted by Crippen LogP contribution is -2.00. The Morgan fingerprint density at radius 2 is 2.05 bits per heavy atom. The van der Waals surface area contributed by atoms with Gasteiger partial charge >= 0.3 is 5.97 Å². The normalized spacial score (nSPS) is 10.9. The van der Waals surface area contributed by atoms with E-state index < -0.39 is 5.97 Å². The van der Waals surface area contributed by atoms with Crippen molar-refractivity contribution in [2.45, 2.75) is 6.92 Å². The number of carbonyl (C=O) groups is 1. The Hall–Kier alpha value is -2.53. The van der Waals surface area contributed by atoms with E-state index in [9.17, 15) is 4.79 Å². The molecule has 112 valence electrons. The van der Waals surface area contributed by atoms with E-state index in [0.717, 1.165) is 17.0 Å². The predicted molar refractivity (Wildman–Crippen MR) is 84.3 cm³/mol. The van der Waals surface area contributed by atoms with Crippen LogP contribution < -0.4 is 4.74 Å². The van der Waals surface area contributed by atoms with Gasteiger partial charge in [0.05, 0.1) is 29.4 Å². The average Bonchev–Trinajstić information content (AvgIpc) is 2.81. The summed E-state index contributed by atoms with van der Waals surface area (Å²) >= 11 is 6.09. The number of ether oxygens (including phenoxy) is 1. The number of fused-ring (bicyclic) bond motifs is 1. The zero-order valence-corrected chi connectivity index (χ0v) is 12.8. The number of halogens is 1. The Morgan fingerprint density at radius 3 is 2.73 bits per heavy atom. The van der Waals surface area contributed by atoms with E-state index in [0.29, 0.717) is 16.3 Å². The maximum atomic E-state index is 11.1. The summed E-state index contributed by atoms with van der Waals surface area (Å²) in [7, 11) is 1.59. The van der Waals surface area contributed by atoms with Crippen LogP contribution in [0.25, 0.3) is 16.7 Å². The number of carboxylic acid groups (broad SMARTS) is 1. The summed E-state index contributed by atoms with van der Waals surface area (Å²) in [6, 6.07) is 10.2. The van der Waals surface area contributed by atoms with E-state index in [1.807, 2.05) is 11.5 Å². The van der Waals surface area contributed by atoms with Gasteiger partial charge in [0.1, 0.15) is 11.6 Å². The molecule has 0 unspecified atom stereocenters. The monoisotopic (exact) mass is 316 g/mol. The maximum absolute atomic E-state index is 11.1. The van der Waals surface area contributed by atoms with Gasteiger partial charge in [-0.2, -0.15) is 0 Å². The lowest BCUT2D eigenvalue weighted by atomic mass is 10.2. The van der Waals surface area contributed by atoms with Gasteiger partial charge in [-0.3, -0.25) is 4.57 Å². The first kappa shape index (κ1) is 14.4. The maximum Gasteiger partial charge on any atom is 0.335 e. The number of imidazole rings is 1. The molecule has 0 bridgehead atoms. The minimum Gasteiger partial charge on any atom is -0.495 e. The van der Waals surface area contributed by atoms with Crippen LogP contribution in [0.2, 0.25) is 5.02 Å². The third-order valence-electron chi connectivity index (χ3n) is 3.45. The minimum absolute atomic E-state index is 0.204. The second-order valence-corrected chi connectivity index (χ2v) is 5.26. The molecule has 2 aromatic carbocycles. The van der Waals surface area contributed by atoms with E-state index >= 15 is 0 Å². The number of rotatable bonds is 3. The summed E-state index contributed by atoms with van der Waals surface area (Å²) in [5, 5.41) is 9.67. The summed E-state index contributed by atoms with van der Waals surface area (Å²) < 4.78 is 7.28. The van der Waals surface area contributed by atoms with Crippen LogP contribution >= 0.6 is 11.6 Å². The minimum atomic E-state index is -0.977. The fourth-order valence-corrected chi connectivity index (χ4v) is 2.64. The number of nitrogens with zero attached hydrogens (tertiary/aromatic N) is 2. The van der Waals surface area contributed by atoms with Crippen LogP contribution in [0, 0.1) is 6.92 Å². The van der Waals surface area contributed by atoms with E-state index in [1.54, 1.807) is 43.5 Å².